The van der Waals surface area contributed by atoms with E-state index in [-0.39, 0.29) is 77.3 Å². The van der Waals surface area contributed by atoms with Crippen LogP contribution in [0.1, 0.15) is 126 Å². The van der Waals surface area contributed by atoms with Gasteiger partial charge in [0.15, 0.2) is 5.78 Å². The molecule has 0 aromatic heterocycles. The van der Waals surface area contributed by atoms with Crippen molar-refractivity contribution < 1.29 is 57.3 Å². The van der Waals surface area contributed by atoms with Crippen molar-refractivity contribution in [1.82, 2.24) is 36.4 Å². The highest BCUT2D eigenvalue weighted by Crippen LogP contribution is 2.28. The van der Waals surface area contributed by atoms with E-state index in [1.54, 1.807) is 62.3 Å². The quantitative estimate of drug-likeness (QED) is 0.0354. The molecule has 3 atom stereocenters. The lowest BCUT2D eigenvalue weighted by Gasteiger charge is -2.41. The number of Topliss-reactive ketones (excluding diaryl/α,β-unsaturated/α-hetero) is 1. The predicted octanol–water partition coefficient (Wildman–Crippen LogP) is 6.80. The van der Waals surface area contributed by atoms with E-state index in [9.17, 15) is 33.6 Å². The van der Waals surface area contributed by atoms with Crippen molar-refractivity contribution in [2.45, 2.75) is 162 Å². The lowest BCUT2D eigenvalue weighted by Crippen LogP contribution is -2.62. The van der Waals surface area contributed by atoms with Crippen LogP contribution in [0.25, 0.3) is 0 Å². The minimum Gasteiger partial charge on any atom is -0.467 e. The summed E-state index contributed by atoms with van der Waals surface area (Å²) in [5.74, 6) is -3.82. The summed E-state index contributed by atoms with van der Waals surface area (Å²) in [7, 11) is 1.21. The van der Waals surface area contributed by atoms with Crippen LogP contribution in [0.4, 0.5) is 19.2 Å². The third-order valence-corrected chi connectivity index (χ3v) is 11.3. The topological polar surface area (TPSA) is 240 Å². The first-order chi connectivity index (χ1) is 33.6. The Kier molecular flexibility index (Phi) is 22.8. The second kappa shape index (κ2) is 27.4. The van der Waals surface area contributed by atoms with Crippen molar-refractivity contribution in [1.29, 1.82) is 0 Å². The molecule has 19 nitrogen and oxygen atoms in total. The lowest BCUT2D eigenvalue weighted by molar-refractivity contribution is -0.154. The van der Waals surface area contributed by atoms with Gasteiger partial charge in [0, 0.05) is 45.7 Å². The van der Waals surface area contributed by atoms with Gasteiger partial charge in [-0.1, -0.05) is 80.9 Å². The molecular weight excluding hydrogens is 927 g/mol. The molecule has 0 aliphatic carbocycles. The summed E-state index contributed by atoms with van der Waals surface area (Å²) in [6.07, 6.45) is -1.16. The van der Waals surface area contributed by atoms with Crippen LogP contribution in [-0.4, -0.2) is 132 Å². The summed E-state index contributed by atoms with van der Waals surface area (Å²) >= 11 is 0. The number of carbonyl (C=O) groups is 8. The van der Waals surface area contributed by atoms with Gasteiger partial charge in [-0.2, -0.15) is 0 Å². The standard InChI is InChI=1S/C53H81N7O12/c1-36(2)33-40(56-43(62)41(34-37-21-15-13-16-22-37)57-46(65)60(35-38-23-17-14-18-24-38)32-29-55-48(67)71-51(6,7)8)42(61)39(25-19-20-28-54-47(66)70-50(3,4)5)44(63)59-30-26-53(27-31-59,45(64)69-12)58-49(68)72-52(9,10)11/h13-18,21-24,36,39-41H,19-20,25-35H2,1-12H3,(H,54,66)(H,55,67)(H,56,62)(H,57,65)(H,58,68)/t39-,40-,41-/m1/s1. The SMILES string of the molecule is COC(=O)C1(NC(=O)OC(C)(C)C)CCN(C(=O)[C@H](CCCCNC(=O)OC(C)(C)C)C(=O)[C@@H](CC(C)C)NC(=O)[C@@H](Cc2ccccc2)NC(=O)N(CCNC(=O)OC(C)(C)C)Cc2ccccc2)CC1. The number of urea groups is 1. The fourth-order valence-electron chi connectivity index (χ4n) is 7.96. The number of nitrogens with zero attached hydrogens (tertiary/aromatic N) is 2. The highest BCUT2D eigenvalue weighted by Gasteiger charge is 2.47. The number of methoxy groups -OCH3 is 1. The number of piperidine rings is 1. The zero-order chi connectivity index (χ0) is 53.9. The number of esters is 1. The van der Waals surface area contributed by atoms with E-state index in [4.69, 9.17) is 18.9 Å². The number of amides is 7. The van der Waals surface area contributed by atoms with Crippen LogP contribution in [0.2, 0.25) is 0 Å². The van der Waals surface area contributed by atoms with Crippen LogP contribution in [-0.2, 0) is 51.1 Å². The van der Waals surface area contributed by atoms with E-state index in [1.165, 1.54) is 16.9 Å². The Morgan fingerprint density at radius 1 is 0.667 bits per heavy atom. The highest BCUT2D eigenvalue weighted by atomic mass is 16.6. The molecule has 2 aromatic carbocycles. The number of hydrogen-bond acceptors (Lipinski definition) is 12. The summed E-state index contributed by atoms with van der Waals surface area (Å²) in [4.78, 5) is 113. The Bertz CT molecular complexity index is 2110. The maximum Gasteiger partial charge on any atom is 0.408 e. The van der Waals surface area contributed by atoms with Crippen LogP contribution in [0.5, 0.6) is 0 Å². The van der Waals surface area contributed by atoms with E-state index in [0.717, 1.165) is 11.1 Å². The summed E-state index contributed by atoms with van der Waals surface area (Å²) in [5, 5.41) is 13.9. The van der Waals surface area contributed by atoms with Crippen molar-refractivity contribution in [2.75, 3.05) is 39.8 Å². The summed E-state index contributed by atoms with van der Waals surface area (Å²) in [5.41, 5.74) is -2.27. The number of rotatable bonds is 22. The van der Waals surface area contributed by atoms with E-state index in [1.807, 2.05) is 74.5 Å². The fourth-order valence-corrected chi connectivity index (χ4v) is 7.96. The molecule has 0 spiro atoms. The maximum absolute atomic E-state index is 15.0. The second-order valence-corrected chi connectivity index (χ2v) is 21.6. The summed E-state index contributed by atoms with van der Waals surface area (Å²) < 4.78 is 21.3. The number of nitrogens with one attached hydrogen (secondary N) is 5. The van der Waals surface area contributed by atoms with Crippen molar-refractivity contribution in [3.05, 3.63) is 71.8 Å². The Balaban J connectivity index is 1.95. The van der Waals surface area contributed by atoms with Crippen LogP contribution >= 0.6 is 0 Å². The average molecular weight is 1010 g/mol. The zero-order valence-electron chi connectivity index (χ0n) is 44.6. The van der Waals surface area contributed by atoms with Gasteiger partial charge in [0.25, 0.3) is 0 Å². The largest absolute Gasteiger partial charge is 0.467 e. The van der Waals surface area contributed by atoms with Gasteiger partial charge in [0.05, 0.1) is 19.1 Å². The number of ether oxygens (including phenoxy) is 4. The van der Waals surface area contributed by atoms with E-state index < -0.39 is 88.2 Å². The molecule has 0 radical (unpaired) electrons. The zero-order valence-corrected chi connectivity index (χ0v) is 44.6. The lowest BCUT2D eigenvalue weighted by atomic mass is 9.84. The first-order valence-electron chi connectivity index (χ1n) is 24.9. The van der Waals surface area contributed by atoms with Gasteiger partial charge in [0.1, 0.15) is 28.4 Å². The molecule has 1 aliphatic rings. The molecule has 7 amide bonds. The van der Waals surface area contributed by atoms with E-state index >= 15 is 4.79 Å². The minimum absolute atomic E-state index is 0.0210. The molecule has 1 saturated heterocycles. The molecule has 0 saturated carbocycles. The van der Waals surface area contributed by atoms with Gasteiger partial charge >= 0.3 is 30.3 Å². The molecule has 0 unspecified atom stereocenters. The Morgan fingerprint density at radius 2 is 1.18 bits per heavy atom. The molecule has 19 heteroatoms. The number of likely N-dealkylation sites (tertiary alicyclic amines) is 1. The molecule has 2 aromatic rings. The Morgan fingerprint density at radius 3 is 1.69 bits per heavy atom. The molecule has 1 heterocycles. The normalized spacial score (nSPS) is 14.9. The molecular formula is C53H81N7O12. The van der Waals surface area contributed by atoms with E-state index in [0.29, 0.717) is 12.8 Å². The molecule has 0 bridgehead atoms. The Labute approximate surface area is 425 Å². The van der Waals surface area contributed by atoms with E-state index in [2.05, 4.69) is 26.6 Å². The number of carbonyl (C=O) groups excluding carboxylic acids is 8. The molecule has 400 valence electrons. The average Bonchev–Trinajstić information content (AvgIpc) is 3.27. The number of unbranched alkanes of at least 4 members (excludes halogenated alkanes) is 1. The summed E-state index contributed by atoms with van der Waals surface area (Å²) in [6.45, 7) is 19.7. The molecule has 72 heavy (non-hydrogen) atoms. The molecule has 5 N–H and O–H groups in total. The van der Waals surface area contributed by atoms with Gasteiger partial charge in [0.2, 0.25) is 11.8 Å². The third kappa shape index (κ3) is 21.5. The van der Waals surface area contributed by atoms with Gasteiger partial charge in [-0.15, -0.1) is 0 Å². The van der Waals surface area contributed by atoms with Crippen LogP contribution < -0.4 is 26.6 Å². The van der Waals surface area contributed by atoms with Crippen LogP contribution in [0, 0.1) is 11.8 Å². The highest BCUT2D eigenvalue weighted by molar-refractivity contribution is 6.05. The second-order valence-electron chi connectivity index (χ2n) is 21.6. The number of alkyl carbamates (subject to hydrolysis) is 3. The predicted molar refractivity (Wildman–Crippen MR) is 271 cm³/mol. The first-order valence-corrected chi connectivity index (χ1v) is 24.9. The Hall–Kier alpha value is -6.40. The maximum atomic E-state index is 15.0. The van der Waals surface area contributed by atoms with Gasteiger partial charge in [-0.25, -0.2) is 24.0 Å². The minimum atomic E-state index is -1.50. The van der Waals surface area contributed by atoms with Crippen molar-refractivity contribution in [3.8, 4) is 0 Å². The van der Waals surface area contributed by atoms with Crippen molar-refractivity contribution >= 4 is 47.9 Å². The first kappa shape index (κ1) is 59.9. The van der Waals surface area contributed by atoms with Crippen LogP contribution in [0.15, 0.2) is 60.7 Å². The molecule has 3 rings (SSSR count). The number of hydrogen-bond donors (Lipinski definition) is 5. The third-order valence-electron chi connectivity index (χ3n) is 11.3. The smallest absolute Gasteiger partial charge is 0.408 e. The van der Waals surface area contributed by atoms with Gasteiger partial charge < -0.3 is 55.3 Å². The van der Waals surface area contributed by atoms with Gasteiger partial charge in [-0.05, 0) is 111 Å². The number of ketones is 1. The van der Waals surface area contributed by atoms with Gasteiger partial charge in [-0.3, -0.25) is 14.4 Å². The fraction of sp³-hybridized carbons (Fsp3) is 0.623. The summed E-state index contributed by atoms with van der Waals surface area (Å²) in [6, 6.07) is 15.3. The number of benzene rings is 2. The van der Waals surface area contributed by atoms with Crippen LogP contribution in [0.3, 0.4) is 0 Å². The molecule has 1 fully saturated rings. The monoisotopic (exact) mass is 1010 g/mol. The molecule has 1 aliphatic heterocycles. The van der Waals surface area contributed by atoms with Crippen molar-refractivity contribution in [2.24, 2.45) is 11.8 Å². The van der Waals surface area contributed by atoms with Crippen molar-refractivity contribution in [3.63, 3.8) is 0 Å².